The molecular formula is C11H15NO3. The minimum absolute atomic E-state index is 0.0346. The third-order valence-electron chi connectivity index (χ3n) is 2.07. The topological polar surface area (TPSA) is 58.6 Å². The van der Waals surface area contributed by atoms with E-state index in [1.165, 1.54) is 0 Å². The molecule has 0 fully saturated rings. The van der Waals surface area contributed by atoms with Gasteiger partial charge in [0.25, 0.3) is 5.91 Å². The van der Waals surface area contributed by atoms with Crippen LogP contribution >= 0.6 is 0 Å². The number of hydrogen-bond donors (Lipinski definition) is 2. The van der Waals surface area contributed by atoms with Crippen molar-refractivity contribution in [2.75, 3.05) is 20.3 Å². The number of benzene rings is 1. The van der Waals surface area contributed by atoms with Gasteiger partial charge in [0.05, 0.1) is 12.2 Å². The van der Waals surface area contributed by atoms with Crippen LogP contribution in [0.5, 0.6) is 5.75 Å². The van der Waals surface area contributed by atoms with Gasteiger partial charge in [-0.3, -0.25) is 4.79 Å². The molecule has 0 aliphatic heterocycles. The van der Waals surface area contributed by atoms with E-state index in [0.717, 1.165) is 0 Å². The second-order valence-corrected chi connectivity index (χ2v) is 3.22. The van der Waals surface area contributed by atoms with Crippen molar-refractivity contribution in [1.29, 1.82) is 0 Å². The molecule has 0 aliphatic rings. The molecule has 4 heteroatoms. The molecule has 0 aromatic heterocycles. The van der Waals surface area contributed by atoms with Crippen molar-refractivity contribution in [1.82, 2.24) is 5.32 Å². The maximum Gasteiger partial charge on any atom is 0.255 e. The maximum absolute atomic E-state index is 11.6. The molecule has 4 nitrogen and oxygen atoms in total. The van der Waals surface area contributed by atoms with Crippen LogP contribution in [0, 0.1) is 6.92 Å². The lowest BCUT2D eigenvalue weighted by Crippen LogP contribution is -2.27. The van der Waals surface area contributed by atoms with E-state index in [2.05, 4.69) is 5.32 Å². The first kappa shape index (κ1) is 11.5. The average molecular weight is 209 g/mol. The summed E-state index contributed by atoms with van der Waals surface area (Å²) >= 11 is 0. The van der Waals surface area contributed by atoms with Gasteiger partial charge in [-0.15, -0.1) is 0 Å². The predicted molar refractivity (Wildman–Crippen MR) is 57.1 cm³/mol. The Bertz CT molecular complexity index is 350. The Morgan fingerprint density at radius 3 is 2.93 bits per heavy atom. The molecule has 0 spiro atoms. The SMILES string of the molecule is COCCNC(=O)c1cccc(C)c1O. The van der Waals surface area contributed by atoms with E-state index in [1.807, 2.05) is 0 Å². The van der Waals surface area contributed by atoms with E-state index in [0.29, 0.717) is 24.3 Å². The van der Waals surface area contributed by atoms with Crippen molar-refractivity contribution in [3.8, 4) is 5.75 Å². The van der Waals surface area contributed by atoms with Gasteiger partial charge in [-0.25, -0.2) is 0 Å². The number of ether oxygens (including phenoxy) is 1. The quantitative estimate of drug-likeness (QED) is 0.729. The first-order valence-electron chi connectivity index (χ1n) is 4.72. The van der Waals surface area contributed by atoms with Crippen LogP contribution in [0.15, 0.2) is 18.2 Å². The lowest BCUT2D eigenvalue weighted by molar-refractivity contribution is 0.0934. The third kappa shape index (κ3) is 2.95. The number of phenolic OH excluding ortho intramolecular Hbond substituents is 1. The van der Waals surface area contributed by atoms with Crippen LogP contribution in [-0.4, -0.2) is 31.3 Å². The van der Waals surface area contributed by atoms with Crippen LogP contribution in [0.2, 0.25) is 0 Å². The molecular weight excluding hydrogens is 194 g/mol. The van der Waals surface area contributed by atoms with Crippen LogP contribution in [-0.2, 0) is 4.74 Å². The molecule has 0 saturated carbocycles. The number of carbonyl (C=O) groups excluding carboxylic acids is 1. The summed E-state index contributed by atoms with van der Waals surface area (Å²) in [6, 6.07) is 5.08. The van der Waals surface area contributed by atoms with Gasteiger partial charge in [-0.1, -0.05) is 12.1 Å². The van der Waals surface area contributed by atoms with E-state index in [1.54, 1.807) is 32.2 Å². The second-order valence-electron chi connectivity index (χ2n) is 3.22. The van der Waals surface area contributed by atoms with E-state index >= 15 is 0 Å². The van der Waals surface area contributed by atoms with E-state index < -0.39 is 0 Å². The number of amides is 1. The van der Waals surface area contributed by atoms with Gasteiger partial charge in [0.15, 0.2) is 0 Å². The summed E-state index contributed by atoms with van der Waals surface area (Å²) in [6.07, 6.45) is 0. The standard InChI is InChI=1S/C11H15NO3/c1-8-4-3-5-9(10(8)13)11(14)12-6-7-15-2/h3-5,13H,6-7H2,1-2H3,(H,12,14). The highest BCUT2D eigenvalue weighted by atomic mass is 16.5. The number of aryl methyl sites for hydroxylation is 1. The molecule has 2 N–H and O–H groups in total. The Kier molecular flexibility index (Phi) is 4.12. The minimum atomic E-state index is -0.284. The van der Waals surface area contributed by atoms with E-state index in [-0.39, 0.29) is 11.7 Å². The molecule has 0 atom stereocenters. The zero-order valence-corrected chi connectivity index (χ0v) is 8.91. The molecule has 82 valence electrons. The third-order valence-corrected chi connectivity index (χ3v) is 2.07. The van der Waals surface area contributed by atoms with Crippen molar-refractivity contribution >= 4 is 5.91 Å². The fourth-order valence-corrected chi connectivity index (χ4v) is 1.20. The van der Waals surface area contributed by atoms with Gasteiger partial charge in [0.1, 0.15) is 5.75 Å². The Balaban J connectivity index is 2.69. The highest BCUT2D eigenvalue weighted by molar-refractivity contribution is 5.97. The summed E-state index contributed by atoms with van der Waals surface area (Å²) < 4.78 is 4.80. The normalized spacial score (nSPS) is 10.0. The molecule has 15 heavy (non-hydrogen) atoms. The lowest BCUT2D eigenvalue weighted by atomic mass is 10.1. The fourth-order valence-electron chi connectivity index (χ4n) is 1.20. The molecule has 0 unspecified atom stereocenters. The van der Waals surface area contributed by atoms with Crippen molar-refractivity contribution < 1.29 is 14.6 Å². The Labute approximate surface area is 88.9 Å². The summed E-state index contributed by atoms with van der Waals surface area (Å²) in [7, 11) is 1.57. The summed E-state index contributed by atoms with van der Waals surface area (Å²) in [4.78, 5) is 11.6. The first-order valence-corrected chi connectivity index (χ1v) is 4.72. The number of phenols is 1. The smallest absolute Gasteiger partial charge is 0.255 e. The Morgan fingerprint density at radius 2 is 2.27 bits per heavy atom. The molecule has 0 aliphatic carbocycles. The highest BCUT2D eigenvalue weighted by Crippen LogP contribution is 2.20. The summed E-state index contributed by atoms with van der Waals surface area (Å²) in [6.45, 7) is 2.64. The molecule has 1 aromatic carbocycles. The summed E-state index contributed by atoms with van der Waals surface area (Å²) in [5.41, 5.74) is 0.987. The Hall–Kier alpha value is -1.55. The summed E-state index contributed by atoms with van der Waals surface area (Å²) in [5.74, 6) is -0.249. The molecule has 0 heterocycles. The predicted octanol–water partition coefficient (Wildman–Crippen LogP) is 1.08. The zero-order valence-electron chi connectivity index (χ0n) is 8.91. The monoisotopic (exact) mass is 209 g/mol. The van der Waals surface area contributed by atoms with Gasteiger partial charge in [0, 0.05) is 13.7 Å². The van der Waals surface area contributed by atoms with Crippen LogP contribution in [0.4, 0.5) is 0 Å². The molecule has 0 bridgehead atoms. The van der Waals surface area contributed by atoms with E-state index in [4.69, 9.17) is 4.74 Å². The van der Waals surface area contributed by atoms with E-state index in [9.17, 15) is 9.90 Å². The van der Waals surface area contributed by atoms with Gasteiger partial charge in [0.2, 0.25) is 0 Å². The number of carbonyl (C=O) groups is 1. The van der Waals surface area contributed by atoms with Crippen LogP contribution < -0.4 is 5.32 Å². The van der Waals surface area contributed by atoms with Crippen molar-refractivity contribution in [3.05, 3.63) is 29.3 Å². The molecule has 1 amide bonds. The largest absolute Gasteiger partial charge is 0.507 e. The van der Waals surface area contributed by atoms with Crippen LogP contribution in [0.25, 0.3) is 0 Å². The van der Waals surface area contributed by atoms with Gasteiger partial charge >= 0.3 is 0 Å². The molecule has 0 radical (unpaired) electrons. The van der Waals surface area contributed by atoms with Gasteiger partial charge in [-0.2, -0.15) is 0 Å². The number of aromatic hydroxyl groups is 1. The highest BCUT2D eigenvalue weighted by Gasteiger charge is 2.11. The second kappa shape index (κ2) is 5.36. The molecule has 0 saturated heterocycles. The average Bonchev–Trinajstić information content (AvgIpc) is 2.22. The van der Waals surface area contributed by atoms with Crippen LogP contribution in [0.1, 0.15) is 15.9 Å². The summed E-state index contributed by atoms with van der Waals surface area (Å²) in [5, 5.41) is 12.3. The van der Waals surface area contributed by atoms with Crippen LogP contribution in [0.3, 0.4) is 0 Å². The minimum Gasteiger partial charge on any atom is -0.507 e. The molecule has 1 rings (SSSR count). The Morgan fingerprint density at radius 1 is 1.53 bits per heavy atom. The lowest BCUT2D eigenvalue weighted by Gasteiger charge is -2.07. The van der Waals surface area contributed by atoms with Gasteiger partial charge in [-0.05, 0) is 18.6 Å². The van der Waals surface area contributed by atoms with Crippen molar-refractivity contribution in [3.63, 3.8) is 0 Å². The van der Waals surface area contributed by atoms with Crippen molar-refractivity contribution in [2.24, 2.45) is 0 Å². The number of methoxy groups -OCH3 is 1. The number of nitrogens with one attached hydrogen (secondary N) is 1. The number of hydrogen-bond acceptors (Lipinski definition) is 3. The first-order chi connectivity index (χ1) is 7.16. The number of rotatable bonds is 4. The zero-order chi connectivity index (χ0) is 11.3. The number of para-hydroxylation sites is 1. The van der Waals surface area contributed by atoms with Gasteiger partial charge < -0.3 is 15.2 Å². The maximum atomic E-state index is 11.6. The van der Waals surface area contributed by atoms with Crippen molar-refractivity contribution in [2.45, 2.75) is 6.92 Å². The fraction of sp³-hybridized carbons (Fsp3) is 0.364. The molecule has 1 aromatic rings.